The molecule has 0 aliphatic carbocycles. The number of nitrogens with one attached hydrogen (secondary N) is 1. The maximum Gasteiger partial charge on any atom is 0.338 e. The fourth-order valence-electron chi connectivity index (χ4n) is 2.20. The molecule has 0 fully saturated rings. The third-order valence-corrected chi connectivity index (χ3v) is 3.73. The van der Waals surface area contributed by atoms with Gasteiger partial charge in [0.25, 0.3) is 11.6 Å². The van der Waals surface area contributed by atoms with Crippen molar-refractivity contribution < 1.29 is 28.7 Å². The fourth-order valence-corrected chi connectivity index (χ4v) is 2.47. The number of benzene rings is 2. The number of carbonyl (C=O) groups is 2. The molecule has 2 aromatic rings. The van der Waals surface area contributed by atoms with Crippen LogP contribution in [0, 0.1) is 10.1 Å². The first-order chi connectivity index (χ1) is 13.3. The number of nitrogens with zero attached hydrogens (tertiary/aromatic N) is 1. The van der Waals surface area contributed by atoms with Crippen LogP contribution in [0.25, 0.3) is 0 Å². The highest BCUT2D eigenvalue weighted by atomic mass is 35.5. The first-order valence-electron chi connectivity index (χ1n) is 8.07. The molecule has 0 aliphatic rings. The number of hydrogen-bond acceptors (Lipinski definition) is 7. The molecule has 1 amide bonds. The Hall–Kier alpha value is -3.33. The number of non-ortho nitro benzene ring substituents is 1. The second-order valence-corrected chi connectivity index (χ2v) is 5.76. The van der Waals surface area contributed by atoms with E-state index in [9.17, 15) is 19.7 Å². The second kappa shape index (κ2) is 9.56. The van der Waals surface area contributed by atoms with Crippen LogP contribution in [0.3, 0.4) is 0 Å². The van der Waals surface area contributed by atoms with E-state index in [1.165, 1.54) is 43.5 Å². The summed E-state index contributed by atoms with van der Waals surface area (Å²) in [5.41, 5.74) is 0.316. The van der Waals surface area contributed by atoms with Gasteiger partial charge in [-0.3, -0.25) is 14.9 Å². The number of ether oxygens (including phenoxy) is 3. The molecule has 1 N–H and O–H groups in total. The maximum absolute atomic E-state index is 12.2. The van der Waals surface area contributed by atoms with Crippen molar-refractivity contribution in [3.05, 3.63) is 57.1 Å². The molecular weight excluding hydrogens is 392 g/mol. The van der Waals surface area contributed by atoms with Crippen LogP contribution >= 0.6 is 11.6 Å². The molecule has 0 bridgehead atoms. The summed E-state index contributed by atoms with van der Waals surface area (Å²) in [7, 11) is 1.40. The Balaban J connectivity index is 1.98. The molecule has 0 saturated carbocycles. The molecule has 10 heteroatoms. The SMILES string of the molecule is CCOc1c(Cl)cc(C(=O)OCC(=O)Nc2ccc([N+](=O)[O-])cc2)cc1OC. The first kappa shape index (κ1) is 21.0. The quantitative estimate of drug-likeness (QED) is 0.403. The predicted octanol–water partition coefficient (Wildman–Crippen LogP) is 3.45. The lowest BCUT2D eigenvalue weighted by Gasteiger charge is -2.13. The molecule has 28 heavy (non-hydrogen) atoms. The summed E-state index contributed by atoms with van der Waals surface area (Å²) in [6.45, 7) is 1.59. The molecule has 0 spiro atoms. The molecule has 9 nitrogen and oxygen atoms in total. The van der Waals surface area contributed by atoms with Gasteiger partial charge >= 0.3 is 5.97 Å². The van der Waals surface area contributed by atoms with Crippen molar-refractivity contribution in [1.29, 1.82) is 0 Å². The third-order valence-electron chi connectivity index (χ3n) is 3.45. The minimum absolute atomic E-state index is 0.0911. The Morgan fingerprint density at radius 1 is 1.21 bits per heavy atom. The van der Waals surface area contributed by atoms with Crippen LogP contribution in [0.15, 0.2) is 36.4 Å². The number of esters is 1. The summed E-state index contributed by atoms with van der Waals surface area (Å²) >= 11 is 6.10. The number of nitro benzene ring substituents is 1. The lowest BCUT2D eigenvalue weighted by atomic mass is 10.2. The second-order valence-electron chi connectivity index (χ2n) is 5.35. The topological polar surface area (TPSA) is 117 Å². The van der Waals surface area contributed by atoms with Crippen LogP contribution in [0.4, 0.5) is 11.4 Å². The van der Waals surface area contributed by atoms with Gasteiger partial charge < -0.3 is 19.5 Å². The van der Waals surface area contributed by atoms with Gasteiger partial charge in [-0.25, -0.2) is 4.79 Å². The number of methoxy groups -OCH3 is 1. The van der Waals surface area contributed by atoms with E-state index in [0.29, 0.717) is 18.0 Å². The molecule has 0 unspecified atom stereocenters. The van der Waals surface area contributed by atoms with Gasteiger partial charge in [-0.05, 0) is 31.2 Å². The minimum Gasteiger partial charge on any atom is -0.493 e. The van der Waals surface area contributed by atoms with E-state index in [1.807, 2.05) is 0 Å². The van der Waals surface area contributed by atoms with E-state index < -0.39 is 23.4 Å². The molecule has 0 saturated heterocycles. The van der Waals surface area contributed by atoms with Crippen LogP contribution in [-0.2, 0) is 9.53 Å². The number of rotatable bonds is 8. The zero-order valence-corrected chi connectivity index (χ0v) is 15.8. The average molecular weight is 409 g/mol. The van der Waals surface area contributed by atoms with E-state index in [0.717, 1.165) is 0 Å². The van der Waals surface area contributed by atoms with Gasteiger partial charge in [0.15, 0.2) is 18.1 Å². The number of nitro groups is 1. The predicted molar refractivity (Wildman–Crippen MR) is 101 cm³/mol. The monoisotopic (exact) mass is 408 g/mol. The highest BCUT2D eigenvalue weighted by molar-refractivity contribution is 6.32. The van der Waals surface area contributed by atoms with Crippen molar-refractivity contribution in [2.24, 2.45) is 0 Å². The Bertz CT molecular complexity index is 884. The smallest absolute Gasteiger partial charge is 0.338 e. The van der Waals surface area contributed by atoms with Gasteiger partial charge in [0, 0.05) is 17.8 Å². The Morgan fingerprint density at radius 2 is 1.89 bits per heavy atom. The number of hydrogen-bond donors (Lipinski definition) is 1. The normalized spacial score (nSPS) is 10.1. The van der Waals surface area contributed by atoms with Crippen molar-refractivity contribution in [1.82, 2.24) is 0 Å². The van der Waals surface area contributed by atoms with Crippen molar-refractivity contribution in [2.75, 3.05) is 25.6 Å². The molecule has 0 heterocycles. The largest absolute Gasteiger partial charge is 0.493 e. The van der Waals surface area contributed by atoms with Gasteiger partial charge in [-0.2, -0.15) is 0 Å². The number of halogens is 1. The number of anilines is 1. The lowest BCUT2D eigenvalue weighted by molar-refractivity contribution is -0.384. The van der Waals surface area contributed by atoms with E-state index in [2.05, 4.69) is 5.32 Å². The highest BCUT2D eigenvalue weighted by Crippen LogP contribution is 2.36. The van der Waals surface area contributed by atoms with Gasteiger partial charge in [0.2, 0.25) is 0 Å². The zero-order chi connectivity index (χ0) is 20.7. The highest BCUT2D eigenvalue weighted by Gasteiger charge is 2.17. The molecule has 0 aliphatic heterocycles. The summed E-state index contributed by atoms with van der Waals surface area (Å²) in [5.74, 6) is -0.816. The van der Waals surface area contributed by atoms with Crippen LogP contribution in [0.2, 0.25) is 5.02 Å². The Labute approximate surface area is 165 Å². The summed E-state index contributed by atoms with van der Waals surface area (Å²) in [5, 5.41) is 13.2. The zero-order valence-electron chi connectivity index (χ0n) is 15.1. The Kier molecular flexibility index (Phi) is 7.16. The van der Waals surface area contributed by atoms with E-state index in [4.69, 9.17) is 25.8 Å². The molecule has 0 radical (unpaired) electrons. The number of carbonyl (C=O) groups excluding carboxylic acids is 2. The van der Waals surface area contributed by atoms with E-state index in [-0.39, 0.29) is 22.0 Å². The summed E-state index contributed by atoms with van der Waals surface area (Å²) in [6.07, 6.45) is 0. The lowest BCUT2D eigenvalue weighted by Crippen LogP contribution is -2.21. The molecule has 0 aromatic heterocycles. The minimum atomic E-state index is -0.776. The Morgan fingerprint density at radius 3 is 2.46 bits per heavy atom. The van der Waals surface area contributed by atoms with Crippen LogP contribution < -0.4 is 14.8 Å². The average Bonchev–Trinajstić information content (AvgIpc) is 2.67. The summed E-state index contributed by atoms with van der Waals surface area (Å²) in [6, 6.07) is 7.98. The molecular formula is C18H17ClN2O7. The fraction of sp³-hybridized carbons (Fsp3) is 0.222. The van der Waals surface area contributed by atoms with E-state index in [1.54, 1.807) is 6.92 Å². The maximum atomic E-state index is 12.2. The number of amides is 1. The van der Waals surface area contributed by atoms with Gasteiger partial charge in [-0.1, -0.05) is 11.6 Å². The van der Waals surface area contributed by atoms with E-state index >= 15 is 0 Å². The molecule has 2 aromatic carbocycles. The van der Waals surface area contributed by atoms with Crippen molar-refractivity contribution in [3.63, 3.8) is 0 Å². The van der Waals surface area contributed by atoms with Crippen LogP contribution in [0.1, 0.15) is 17.3 Å². The standard InChI is InChI=1S/C18H17ClN2O7/c1-3-27-17-14(19)8-11(9-15(17)26-2)18(23)28-10-16(22)20-12-4-6-13(7-5-12)21(24)25/h4-9H,3,10H2,1-2H3,(H,20,22). The van der Waals surface area contributed by atoms with Crippen LogP contribution in [0.5, 0.6) is 11.5 Å². The van der Waals surface area contributed by atoms with Gasteiger partial charge in [-0.15, -0.1) is 0 Å². The van der Waals surface area contributed by atoms with Crippen molar-refractivity contribution >= 4 is 34.9 Å². The first-order valence-corrected chi connectivity index (χ1v) is 8.45. The third kappa shape index (κ3) is 5.34. The van der Waals surface area contributed by atoms with Crippen molar-refractivity contribution in [2.45, 2.75) is 6.92 Å². The molecule has 0 atom stereocenters. The molecule has 148 valence electrons. The molecule has 2 rings (SSSR count). The van der Waals surface area contributed by atoms with Gasteiger partial charge in [0.05, 0.1) is 29.2 Å². The summed E-state index contributed by atoms with van der Waals surface area (Å²) in [4.78, 5) is 34.1. The summed E-state index contributed by atoms with van der Waals surface area (Å²) < 4.78 is 15.5. The van der Waals surface area contributed by atoms with Crippen molar-refractivity contribution in [3.8, 4) is 11.5 Å². The van der Waals surface area contributed by atoms with Crippen LogP contribution in [-0.4, -0.2) is 37.1 Å². The van der Waals surface area contributed by atoms with Gasteiger partial charge in [0.1, 0.15) is 0 Å².